The number of alkyl halides is 3. The molecule has 3 aromatic rings. The highest BCUT2D eigenvalue weighted by atomic mass is 35.5. The zero-order chi connectivity index (χ0) is 30.9. The summed E-state index contributed by atoms with van der Waals surface area (Å²) in [5.41, 5.74) is -2.39. The molecule has 1 aromatic carbocycles. The van der Waals surface area contributed by atoms with Gasteiger partial charge in [-0.15, -0.1) is 0 Å². The van der Waals surface area contributed by atoms with Gasteiger partial charge in [0.25, 0.3) is 5.91 Å². The molecular weight excluding hydrogens is 590 g/mol. The zero-order valence-corrected chi connectivity index (χ0v) is 24.6. The summed E-state index contributed by atoms with van der Waals surface area (Å²) in [6, 6.07) is 3.39. The Kier molecular flexibility index (Phi) is 7.41. The van der Waals surface area contributed by atoms with Crippen molar-refractivity contribution in [2.45, 2.75) is 87.6 Å². The zero-order valence-electron chi connectivity index (χ0n) is 23.8. The van der Waals surface area contributed by atoms with Gasteiger partial charge in [0, 0.05) is 24.2 Å². The van der Waals surface area contributed by atoms with Gasteiger partial charge in [-0.25, -0.2) is 9.37 Å². The summed E-state index contributed by atoms with van der Waals surface area (Å²) in [5.74, 6) is -1.26. The minimum absolute atomic E-state index is 0.0574. The van der Waals surface area contributed by atoms with Crippen molar-refractivity contribution in [3.8, 4) is 0 Å². The molecule has 0 bridgehead atoms. The van der Waals surface area contributed by atoms with Crippen molar-refractivity contribution in [3.63, 3.8) is 0 Å². The number of hydrogen-bond donors (Lipinski definition) is 3. The summed E-state index contributed by atoms with van der Waals surface area (Å²) in [6.07, 6.45) is 0.976. The monoisotopic (exact) mass is 623 g/mol. The number of hydrogen-bond acceptors (Lipinski definition) is 5. The predicted octanol–water partition coefficient (Wildman–Crippen LogP) is 6.34. The van der Waals surface area contributed by atoms with Crippen molar-refractivity contribution in [3.05, 3.63) is 64.2 Å². The Morgan fingerprint density at radius 1 is 1.14 bits per heavy atom. The van der Waals surface area contributed by atoms with E-state index in [0.29, 0.717) is 55.6 Å². The first kappa shape index (κ1) is 30.1. The number of aryl methyl sites for hydroxylation is 1. The molecular formula is C30H34ClF4N5O3. The number of fused-ring (bicyclic) bond motifs is 1. The third-order valence-corrected chi connectivity index (χ3v) is 10.0. The van der Waals surface area contributed by atoms with E-state index in [2.05, 4.69) is 15.4 Å². The van der Waals surface area contributed by atoms with E-state index in [1.165, 1.54) is 18.3 Å². The SMILES string of the molecule is Cn1cnc(C2CC3CC(O)(c4cnn(C5CCC(C)(O)CC5)c4C(F)(F)F)CC3C2)c1C(=O)Nc1ccc(F)c(Cl)c1. The van der Waals surface area contributed by atoms with E-state index >= 15 is 0 Å². The van der Waals surface area contributed by atoms with Gasteiger partial charge in [0.05, 0.1) is 40.5 Å². The van der Waals surface area contributed by atoms with E-state index in [1.54, 1.807) is 24.9 Å². The van der Waals surface area contributed by atoms with Crippen molar-refractivity contribution < 1.29 is 32.6 Å². The number of anilines is 1. The summed E-state index contributed by atoms with van der Waals surface area (Å²) in [6.45, 7) is 1.69. The lowest BCUT2D eigenvalue weighted by atomic mass is 9.83. The van der Waals surface area contributed by atoms with Crippen LogP contribution in [0.4, 0.5) is 23.2 Å². The fourth-order valence-corrected chi connectivity index (χ4v) is 7.81. The molecule has 0 radical (unpaired) electrons. The highest BCUT2D eigenvalue weighted by molar-refractivity contribution is 6.31. The third kappa shape index (κ3) is 5.57. The number of aromatic nitrogens is 4. The van der Waals surface area contributed by atoms with Gasteiger partial charge in [-0.05, 0) is 88.3 Å². The molecule has 3 fully saturated rings. The number of benzene rings is 1. The van der Waals surface area contributed by atoms with Crippen LogP contribution >= 0.6 is 11.6 Å². The molecule has 43 heavy (non-hydrogen) atoms. The van der Waals surface area contributed by atoms with Crippen LogP contribution in [0, 0.1) is 17.7 Å². The number of amides is 1. The second-order valence-electron chi connectivity index (χ2n) is 12.9. The van der Waals surface area contributed by atoms with Crippen molar-refractivity contribution in [2.75, 3.05) is 5.32 Å². The molecule has 6 rings (SSSR count). The molecule has 3 aliphatic carbocycles. The van der Waals surface area contributed by atoms with Crippen LogP contribution < -0.4 is 5.32 Å². The number of imidazole rings is 1. The number of carbonyl (C=O) groups is 1. The Morgan fingerprint density at radius 2 is 1.79 bits per heavy atom. The molecule has 3 aliphatic rings. The molecule has 2 aromatic heterocycles. The standard InChI is InChI=1S/C30H34ClF4N5O3/c1-28(42)7-5-20(6-8-28)40-26(30(33,34)35)21(14-37-40)29(43)12-17-9-16(10-18(17)13-29)24-25(39(2)15-36-24)27(41)38-19-3-4-23(32)22(31)11-19/h3-4,11,14-18,20,42-43H,5-10,12-13H2,1-2H3,(H,38,41). The maximum Gasteiger partial charge on any atom is 0.433 e. The van der Waals surface area contributed by atoms with E-state index in [-0.39, 0.29) is 41.2 Å². The van der Waals surface area contributed by atoms with Crippen LogP contribution in [0.1, 0.15) is 97.7 Å². The van der Waals surface area contributed by atoms with Crippen molar-refractivity contribution in [1.82, 2.24) is 19.3 Å². The van der Waals surface area contributed by atoms with E-state index in [4.69, 9.17) is 11.6 Å². The van der Waals surface area contributed by atoms with Crippen LogP contribution in [0.25, 0.3) is 0 Å². The fraction of sp³-hybridized carbons (Fsp3) is 0.567. The van der Waals surface area contributed by atoms with Gasteiger partial charge in [0.2, 0.25) is 0 Å². The lowest BCUT2D eigenvalue weighted by molar-refractivity contribution is -0.148. The third-order valence-electron chi connectivity index (χ3n) is 9.73. The van der Waals surface area contributed by atoms with Crippen LogP contribution in [0.5, 0.6) is 0 Å². The highest BCUT2D eigenvalue weighted by Gasteiger charge is 2.54. The van der Waals surface area contributed by atoms with Gasteiger partial charge in [0.1, 0.15) is 17.2 Å². The maximum absolute atomic E-state index is 14.5. The van der Waals surface area contributed by atoms with Crippen molar-refractivity contribution in [2.24, 2.45) is 18.9 Å². The Balaban J connectivity index is 1.20. The molecule has 3 N–H and O–H groups in total. The summed E-state index contributed by atoms with van der Waals surface area (Å²) in [7, 11) is 1.70. The summed E-state index contributed by atoms with van der Waals surface area (Å²) in [4.78, 5) is 17.7. The normalized spacial score (nSPS) is 30.9. The molecule has 13 heteroatoms. The van der Waals surface area contributed by atoms with E-state index < -0.39 is 40.8 Å². The molecule has 8 nitrogen and oxygen atoms in total. The average Bonchev–Trinajstić information content (AvgIpc) is 3.67. The number of aliphatic hydroxyl groups is 2. The maximum atomic E-state index is 14.5. The number of carbonyl (C=O) groups excluding carboxylic acids is 1. The van der Waals surface area contributed by atoms with Crippen LogP contribution in [-0.2, 0) is 18.8 Å². The van der Waals surface area contributed by atoms with E-state index in [1.807, 2.05) is 0 Å². The quantitative estimate of drug-likeness (QED) is 0.288. The number of halogens is 5. The molecule has 0 saturated heterocycles. The smallest absolute Gasteiger partial charge is 0.390 e. The number of rotatable bonds is 5. The molecule has 2 atom stereocenters. The summed E-state index contributed by atoms with van der Waals surface area (Å²) >= 11 is 5.85. The Hall–Kier alpha value is -2.96. The summed E-state index contributed by atoms with van der Waals surface area (Å²) < 4.78 is 59.6. The fourth-order valence-electron chi connectivity index (χ4n) is 7.63. The van der Waals surface area contributed by atoms with Gasteiger partial charge < -0.3 is 20.1 Å². The second-order valence-corrected chi connectivity index (χ2v) is 13.3. The molecule has 1 amide bonds. The minimum Gasteiger partial charge on any atom is -0.390 e. The molecule has 232 valence electrons. The topological polar surface area (TPSA) is 105 Å². The minimum atomic E-state index is -4.70. The average molecular weight is 624 g/mol. The number of nitrogens with one attached hydrogen (secondary N) is 1. The Labute approximate surface area is 251 Å². The predicted molar refractivity (Wildman–Crippen MR) is 150 cm³/mol. The molecule has 2 heterocycles. The lowest BCUT2D eigenvalue weighted by Gasteiger charge is -2.34. The summed E-state index contributed by atoms with van der Waals surface area (Å²) in [5, 5.41) is 28.7. The van der Waals surface area contributed by atoms with Crippen LogP contribution in [0.15, 0.2) is 30.7 Å². The Bertz CT molecular complexity index is 1530. The van der Waals surface area contributed by atoms with Gasteiger partial charge in [-0.1, -0.05) is 11.6 Å². The largest absolute Gasteiger partial charge is 0.433 e. The van der Waals surface area contributed by atoms with Gasteiger partial charge in [-0.3, -0.25) is 9.48 Å². The molecule has 0 spiro atoms. The van der Waals surface area contributed by atoms with Gasteiger partial charge in [-0.2, -0.15) is 18.3 Å². The van der Waals surface area contributed by atoms with E-state index in [0.717, 1.165) is 10.7 Å². The molecule has 2 unspecified atom stereocenters. The first-order valence-corrected chi connectivity index (χ1v) is 14.9. The van der Waals surface area contributed by atoms with Crippen LogP contribution in [0.3, 0.4) is 0 Å². The lowest BCUT2D eigenvalue weighted by Crippen LogP contribution is -2.34. The molecule has 0 aliphatic heterocycles. The number of nitrogens with zero attached hydrogens (tertiary/aromatic N) is 4. The highest BCUT2D eigenvalue weighted by Crippen LogP contribution is 2.58. The first-order chi connectivity index (χ1) is 20.1. The second kappa shape index (κ2) is 10.6. The van der Waals surface area contributed by atoms with Crippen molar-refractivity contribution >= 4 is 23.2 Å². The first-order valence-electron chi connectivity index (χ1n) is 14.5. The van der Waals surface area contributed by atoms with Gasteiger partial charge in [0.15, 0.2) is 0 Å². The van der Waals surface area contributed by atoms with Crippen LogP contribution in [0.2, 0.25) is 5.02 Å². The van der Waals surface area contributed by atoms with Crippen molar-refractivity contribution in [1.29, 1.82) is 0 Å². The van der Waals surface area contributed by atoms with E-state index in [9.17, 15) is 32.6 Å². The van der Waals surface area contributed by atoms with Gasteiger partial charge >= 0.3 is 6.18 Å². The molecule has 3 saturated carbocycles. The van der Waals surface area contributed by atoms with Crippen LogP contribution in [-0.4, -0.2) is 41.1 Å². The Morgan fingerprint density at radius 3 is 2.40 bits per heavy atom.